The molecule has 0 fully saturated rings. The van der Waals surface area contributed by atoms with E-state index >= 15 is 0 Å². The highest BCUT2D eigenvalue weighted by molar-refractivity contribution is 6.28. The Kier molecular flexibility index (Phi) is 4.37. The summed E-state index contributed by atoms with van der Waals surface area (Å²) >= 11 is 5.94. The highest BCUT2D eigenvalue weighted by atomic mass is 35.5. The highest BCUT2D eigenvalue weighted by Crippen LogP contribution is 2.23. The predicted octanol–water partition coefficient (Wildman–Crippen LogP) is 3.69. The lowest BCUT2D eigenvalue weighted by molar-refractivity contribution is 0.415. The van der Waals surface area contributed by atoms with Crippen LogP contribution in [-0.4, -0.2) is 32.0 Å². The van der Waals surface area contributed by atoms with Crippen molar-refractivity contribution in [3.05, 3.63) is 59.8 Å². The number of imidazole rings is 1. The van der Waals surface area contributed by atoms with Crippen molar-refractivity contribution in [2.45, 2.75) is 6.54 Å². The van der Waals surface area contributed by atoms with Crippen molar-refractivity contribution in [3.63, 3.8) is 0 Å². The number of nitrogens with one attached hydrogen (secondary N) is 2. The Morgan fingerprint density at radius 1 is 1.15 bits per heavy atom. The lowest BCUT2D eigenvalue weighted by Gasteiger charge is -2.08. The van der Waals surface area contributed by atoms with Gasteiger partial charge in [-0.1, -0.05) is 18.2 Å². The molecule has 7 nitrogen and oxygen atoms in total. The maximum absolute atomic E-state index is 5.94. The van der Waals surface area contributed by atoms with Crippen LogP contribution in [0.15, 0.2) is 48.9 Å². The summed E-state index contributed by atoms with van der Waals surface area (Å²) < 4.78 is 5.26. The van der Waals surface area contributed by atoms with Crippen molar-refractivity contribution in [1.82, 2.24) is 24.9 Å². The van der Waals surface area contributed by atoms with Gasteiger partial charge in [-0.15, -0.1) is 0 Å². The van der Waals surface area contributed by atoms with Crippen molar-refractivity contribution in [2.24, 2.45) is 0 Å². The van der Waals surface area contributed by atoms with Gasteiger partial charge in [-0.2, -0.15) is 9.97 Å². The average Bonchev–Trinajstić information content (AvgIpc) is 3.15. The Hall–Kier alpha value is -3.19. The molecule has 8 heteroatoms. The zero-order valence-electron chi connectivity index (χ0n) is 13.9. The minimum absolute atomic E-state index is 0.151. The number of H-pyrrole nitrogens is 1. The summed E-state index contributed by atoms with van der Waals surface area (Å²) in [7, 11) is 1.65. The normalized spacial score (nSPS) is 10.8. The summed E-state index contributed by atoms with van der Waals surface area (Å²) in [6, 6.07) is 11.8. The first kappa shape index (κ1) is 16.3. The second kappa shape index (κ2) is 6.97. The molecule has 3 heterocycles. The van der Waals surface area contributed by atoms with Crippen molar-refractivity contribution < 1.29 is 4.74 Å². The monoisotopic (exact) mass is 366 g/mol. The van der Waals surface area contributed by atoms with Crippen molar-refractivity contribution >= 4 is 28.6 Å². The van der Waals surface area contributed by atoms with E-state index in [1.165, 1.54) is 0 Å². The maximum atomic E-state index is 5.94. The molecule has 3 aromatic heterocycles. The molecule has 4 rings (SSSR count). The molecule has 0 saturated carbocycles. The largest absolute Gasteiger partial charge is 0.497 e. The predicted molar refractivity (Wildman–Crippen MR) is 100 cm³/mol. The van der Waals surface area contributed by atoms with Crippen LogP contribution in [0.5, 0.6) is 5.75 Å². The van der Waals surface area contributed by atoms with Gasteiger partial charge in [0.1, 0.15) is 11.3 Å². The molecule has 4 aromatic rings. The molecule has 0 saturated heterocycles. The molecule has 0 spiro atoms. The van der Waals surface area contributed by atoms with E-state index in [2.05, 4.69) is 30.2 Å². The van der Waals surface area contributed by atoms with Gasteiger partial charge in [-0.05, 0) is 35.4 Å². The topological polar surface area (TPSA) is 88.6 Å². The number of halogens is 1. The van der Waals surface area contributed by atoms with Crippen LogP contribution in [0, 0.1) is 0 Å². The van der Waals surface area contributed by atoms with Crippen LogP contribution in [0.25, 0.3) is 22.4 Å². The van der Waals surface area contributed by atoms with Gasteiger partial charge in [0.05, 0.1) is 19.1 Å². The number of anilines is 1. The smallest absolute Gasteiger partial charge is 0.226 e. The van der Waals surface area contributed by atoms with Gasteiger partial charge in [-0.3, -0.25) is 4.98 Å². The fourth-order valence-corrected chi connectivity index (χ4v) is 2.77. The molecule has 0 unspecified atom stereocenters. The zero-order valence-corrected chi connectivity index (χ0v) is 14.7. The lowest BCUT2D eigenvalue weighted by atomic mass is 10.1. The minimum Gasteiger partial charge on any atom is -0.497 e. The van der Waals surface area contributed by atoms with Crippen LogP contribution in [0.4, 0.5) is 5.82 Å². The number of hydrogen-bond donors (Lipinski definition) is 2. The molecule has 2 N–H and O–H groups in total. The van der Waals surface area contributed by atoms with Gasteiger partial charge in [0.2, 0.25) is 5.28 Å². The molecule has 0 amide bonds. The van der Waals surface area contributed by atoms with Crippen molar-refractivity contribution in [2.75, 3.05) is 12.4 Å². The Morgan fingerprint density at radius 3 is 2.88 bits per heavy atom. The van der Waals surface area contributed by atoms with Crippen LogP contribution in [0.3, 0.4) is 0 Å². The van der Waals surface area contributed by atoms with Crippen LogP contribution in [-0.2, 0) is 6.54 Å². The molecular weight excluding hydrogens is 352 g/mol. The highest BCUT2D eigenvalue weighted by Gasteiger charge is 2.09. The van der Waals surface area contributed by atoms with E-state index in [0.717, 1.165) is 28.1 Å². The molecule has 0 radical (unpaired) electrons. The summed E-state index contributed by atoms with van der Waals surface area (Å²) in [4.78, 5) is 19.9. The van der Waals surface area contributed by atoms with Gasteiger partial charge in [-0.25, -0.2) is 4.98 Å². The Balaban J connectivity index is 1.51. The molecule has 0 aliphatic carbocycles. The first-order valence-electron chi connectivity index (χ1n) is 7.93. The lowest BCUT2D eigenvalue weighted by Crippen LogP contribution is -2.03. The molecule has 130 valence electrons. The van der Waals surface area contributed by atoms with E-state index < -0.39 is 0 Å². The molecule has 0 aliphatic rings. The van der Waals surface area contributed by atoms with E-state index in [0.29, 0.717) is 18.0 Å². The third-order valence-electron chi connectivity index (χ3n) is 3.91. The van der Waals surface area contributed by atoms with Crippen LogP contribution in [0.2, 0.25) is 5.28 Å². The summed E-state index contributed by atoms with van der Waals surface area (Å²) in [5.74, 6) is 1.41. The fourth-order valence-electron chi connectivity index (χ4n) is 2.60. The number of aromatic amines is 1. The number of ether oxygens (including phenoxy) is 1. The van der Waals surface area contributed by atoms with Gasteiger partial charge in [0, 0.05) is 18.3 Å². The van der Waals surface area contributed by atoms with Crippen LogP contribution < -0.4 is 10.1 Å². The van der Waals surface area contributed by atoms with E-state index in [4.69, 9.17) is 16.3 Å². The van der Waals surface area contributed by atoms with Gasteiger partial charge >= 0.3 is 0 Å². The number of benzene rings is 1. The Labute approximate surface area is 154 Å². The van der Waals surface area contributed by atoms with Gasteiger partial charge < -0.3 is 15.0 Å². The number of pyridine rings is 1. The zero-order chi connectivity index (χ0) is 17.9. The van der Waals surface area contributed by atoms with Crippen LogP contribution >= 0.6 is 11.6 Å². The molecule has 26 heavy (non-hydrogen) atoms. The van der Waals surface area contributed by atoms with Gasteiger partial charge in [0.25, 0.3) is 0 Å². The van der Waals surface area contributed by atoms with E-state index in [-0.39, 0.29) is 5.28 Å². The molecule has 1 aromatic carbocycles. The van der Waals surface area contributed by atoms with E-state index in [1.54, 1.807) is 13.4 Å². The molecule has 0 atom stereocenters. The third-order valence-corrected chi connectivity index (χ3v) is 4.08. The quantitative estimate of drug-likeness (QED) is 0.524. The summed E-state index contributed by atoms with van der Waals surface area (Å²) in [5.41, 5.74) is 4.15. The molecule has 0 aliphatic heterocycles. The third kappa shape index (κ3) is 3.29. The fraction of sp³-hybridized carbons (Fsp3) is 0.111. The number of nitrogens with zero attached hydrogens (tertiary/aromatic N) is 4. The Morgan fingerprint density at radius 2 is 2.08 bits per heavy atom. The average molecular weight is 367 g/mol. The summed E-state index contributed by atoms with van der Waals surface area (Å²) in [5, 5.41) is 3.39. The number of hydrogen-bond acceptors (Lipinski definition) is 6. The first-order valence-corrected chi connectivity index (χ1v) is 8.30. The van der Waals surface area contributed by atoms with E-state index in [1.807, 2.05) is 42.6 Å². The van der Waals surface area contributed by atoms with Crippen LogP contribution in [0.1, 0.15) is 5.56 Å². The Bertz CT molecular complexity index is 1050. The number of rotatable bonds is 5. The van der Waals surface area contributed by atoms with Crippen molar-refractivity contribution in [1.29, 1.82) is 0 Å². The second-order valence-corrected chi connectivity index (χ2v) is 5.92. The van der Waals surface area contributed by atoms with Crippen molar-refractivity contribution in [3.8, 4) is 17.0 Å². The standard InChI is InChI=1S/C18H15ClN6O/c1-26-13-4-2-3-12(7-13)14-6-5-11(8-20-14)9-21-16-15-17(23-10-22-15)25-18(19)24-16/h2-8,10H,9H2,1H3,(H2,21,22,23,24,25). The maximum Gasteiger partial charge on any atom is 0.226 e. The van der Waals surface area contributed by atoms with E-state index in [9.17, 15) is 0 Å². The summed E-state index contributed by atoms with van der Waals surface area (Å²) in [6.07, 6.45) is 3.39. The number of fused-ring (bicyclic) bond motifs is 1. The number of aromatic nitrogens is 5. The first-order chi connectivity index (χ1) is 12.7. The SMILES string of the molecule is COc1cccc(-c2ccc(CNc3nc(Cl)nc4nc[nH]c34)cn2)c1. The molecule has 0 bridgehead atoms. The molecular formula is C18H15ClN6O. The number of methoxy groups -OCH3 is 1. The second-order valence-electron chi connectivity index (χ2n) is 5.58. The van der Waals surface area contributed by atoms with Gasteiger partial charge in [0.15, 0.2) is 11.5 Å². The minimum atomic E-state index is 0.151. The summed E-state index contributed by atoms with van der Waals surface area (Å²) in [6.45, 7) is 0.548.